The molecule has 0 bridgehead atoms. The minimum Gasteiger partial charge on any atom is -0.342 e. The first-order chi connectivity index (χ1) is 13.2. The second-order valence-electron chi connectivity index (χ2n) is 7.31. The van der Waals surface area contributed by atoms with Crippen LogP contribution in [0.5, 0.6) is 0 Å². The predicted molar refractivity (Wildman–Crippen MR) is 104 cm³/mol. The number of amides is 1. The van der Waals surface area contributed by atoms with Crippen LogP contribution in [0, 0.1) is 23.5 Å². The quantitative estimate of drug-likeness (QED) is 0.650. The number of sulfonamides is 1. The smallest absolute Gasteiger partial charge is 0.243 e. The van der Waals surface area contributed by atoms with Crippen LogP contribution in [0.1, 0.15) is 46.5 Å². The summed E-state index contributed by atoms with van der Waals surface area (Å²) in [6, 6.07) is 2.59. The summed E-state index contributed by atoms with van der Waals surface area (Å²) in [6.07, 6.45) is 2.90. The fourth-order valence-electron chi connectivity index (χ4n) is 3.62. The van der Waals surface area contributed by atoms with E-state index in [2.05, 4.69) is 13.8 Å². The molecule has 1 amide bonds. The first kappa shape index (κ1) is 22.7. The molecule has 0 saturated carbocycles. The molecule has 0 spiro atoms. The monoisotopic (exact) mass is 416 g/mol. The van der Waals surface area contributed by atoms with Crippen LogP contribution in [0.15, 0.2) is 23.1 Å². The number of piperidine rings is 1. The number of carbonyl (C=O) groups is 1. The molecule has 158 valence electrons. The molecule has 2 rings (SSSR count). The van der Waals surface area contributed by atoms with Crippen molar-refractivity contribution < 1.29 is 22.0 Å². The lowest BCUT2D eigenvalue weighted by Crippen LogP contribution is -2.45. The Bertz CT molecular complexity index is 774. The molecule has 0 N–H and O–H groups in total. The Kier molecular flexibility index (Phi) is 7.95. The van der Waals surface area contributed by atoms with Crippen molar-refractivity contribution in [3.8, 4) is 0 Å². The zero-order valence-corrected chi connectivity index (χ0v) is 17.6. The molecule has 0 aliphatic carbocycles. The molecule has 1 saturated heterocycles. The van der Waals surface area contributed by atoms with Crippen LogP contribution >= 0.6 is 0 Å². The fraction of sp³-hybridized carbons (Fsp3) is 0.650. The number of hydrogen-bond donors (Lipinski definition) is 0. The van der Waals surface area contributed by atoms with Gasteiger partial charge in [-0.15, -0.1) is 0 Å². The van der Waals surface area contributed by atoms with Gasteiger partial charge >= 0.3 is 0 Å². The molecule has 0 atom stereocenters. The first-order valence-corrected chi connectivity index (χ1v) is 11.4. The SMILES string of the molecule is CCC(CC)CN(CC)C(=O)C1CCN(S(=O)(=O)c2ccc(F)c(F)c2)CC1. The lowest BCUT2D eigenvalue weighted by atomic mass is 9.95. The van der Waals surface area contributed by atoms with Gasteiger partial charge in [0.1, 0.15) is 0 Å². The van der Waals surface area contributed by atoms with Crippen LogP contribution in [0.3, 0.4) is 0 Å². The van der Waals surface area contributed by atoms with Gasteiger partial charge in [-0.2, -0.15) is 4.31 Å². The van der Waals surface area contributed by atoms with E-state index >= 15 is 0 Å². The normalized spacial score (nSPS) is 16.5. The molecular weight excluding hydrogens is 386 g/mol. The Hall–Kier alpha value is -1.54. The lowest BCUT2D eigenvalue weighted by molar-refractivity contribution is -0.137. The first-order valence-electron chi connectivity index (χ1n) is 9.98. The third-order valence-electron chi connectivity index (χ3n) is 5.66. The molecule has 1 aliphatic rings. The number of rotatable bonds is 8. The highest BCUT2D eigenvalue weighted by Gasteiger charge is 2.34. The Labute approximate surface area is 166 Å². The maximum absolute atomic E-state index is 13.4. The summed E-state index contributed by atoms with van der Waals surface area (Å²) in [7, 11) is -3.90. The van der Waals surface area contributed by atoms with Crippen LogP contribution in [0.2, 0.25) is 0 Å². The van der Waals surface area contributed by atoms with Crippen LogP contribution in [-0.2, 0) is 14.8 Å². The van der Waals surface area contributed by atoms with Gasteiger partial charge in [0.05, 0.1) is 4.90 Å². The third-order valence-corrected chi connectivity index (χ3v) is 7.55. The standard InChI is InChI=1S/C20H30F2N2O3S/c1-4-15(5-2)14-23(6-3)20(25)16-9-11-24(12-10-16)28(26,27)17-7-8-18(21)19(22)13-17/h7-8,13,15-16H,4-6,9-12,14H2,1-3H3. The molecule has 0 unspecified atom stereocenters. The Morgan fingerprint density at radius 2 is 1.75 bits per heavy atom. The van der Waals surface area contributed by atoms with Crippen LogP contribution in [0.4, 0.5) is 8.78 Å². The third kappa shape index (κ3) is 5.08. The van der Waals surface area contributed by atoms with Gasteiger partial charge in [-0.05, 0) is 43.9 Å². The van der Waals surface area contributed by atoms with E-state index in [4.69, 9.17) is 0 Å². The summed E-state index contributed by atoms with van der Waals surface area (Å²) < 4.78 is 53.1. The van der Waals surface area contributed by atoms with Gasteiger partial charge in [0, 0.05) is 32.1 Å². The van der Waals surface area contributed by atoms with E-state index in [1.165, 1.54) is 4.31 Å². The maximum atomic E-state index is 13.4. The summed E-state index contributed by atoms with van der Waals surface area (Å²) in [6.45, 7) is 7.96. The lowest BCUT2D eigenvalue weighted by Gasteiger charge is -2.34. The maximum Gasteiger partial charge on any atom is 0.243 e. The number of benzene rings is 1. The van der Waals surface area contributed by atoms with E-state index in [-0.39, 0.29) is 29.8 Å². The van der Waals surface area contributed by atoms with E-state index in [9.17, 15) is 22.0 Å². The molecule has 0 aromatic heterocycles. The van der Waals surface area contributed by atoms with Crippen molar-refractivity contribution in [2.24, 2.45) is 11.8 Å². The van der Waals surface area contributed by atoms with Gasteiger partial charge < -0.3 is 4.90 Å². The van der Waals surface area contributed by atoms with E-state index in [1.54, 1.807) is 0 Å². The summed E-state index contributed by atoms with van der Waals surface area (Å²) in [4.78, 5) is 14.5. The topological polar surface area (TPSA) is 57.7 Å². The van der Waals surface area contributed by atoms with Crippen molar-refractivity contribution in [2.75, 3.05) is 26.2 Å². The van der Waals surface area contributed by atoms with Crippen LogP contribution in [-0.4, -0.2) is 49.7 Å². The summed E-state index contributed by atoms with van der Waals surface area (Å²) in [5, 5.41) is 0. The highest BCUT2D eigenvalue weighted by molar-refractivity contribution is 7.89. The van der Waals surface area contributed by atoms with Crippen molar-refractivity contribution >= 4 is 15.9 Å². The average molecular weight is 417 g/mol. The zero-order chi connectivity index (χ0) is 20.9. The van der Waals surface area contributed by atoms with Crippen molar-refractivity contribution in [1.82, 2.24) is 9.21 Å². The van der Waals surface area contributed by atoms with Gasteiger partial charge in [0.15, 0.2) is 11.6 Å². The van der Waals surface area contributed by atoms with Gasteiger partial charge in [-0.3, -0.25) is 4.79 Å². The van der Waals surface area contributed by atoms with Crippen LogP contribution < -0.4 is 0 Å². The molecule has 0 radical (unpaired) electrons. The van der Waals surface area contributed by atoms with Crippen molar-refractivity contribution in [3.63, 3.8) is 0 Å². The highest BCUT2D eigenvalue weighted by atomic mass is 32.2. The van der Waals surface area contributed by atoms with E-state index < -0.39 is 21.7 Å². The number of carbonyl (C=O) groups excluding carboxylic acids is 1. The highest BCUT2D eigenvalue weighted by Crippen LogP contribution is 2.26. The molecular formula is C20H30F2N2O3S. The molecule has 1 fully saturated rings. The van der Waals surface area contributed by atoms with Crippen molar-refractivity contribution in [1.29, 1.82) is 0 Å². The second kappa shape index (κ2) is 9.78. The van der Waals surface area contributed by atoms with Crippen LogP contribution in [0.25, 0.3) is 0 Å². The summed E-state index contributed by atoms with van der Waals surface area (Å²) >= 11 is 0. The average Bonchev–Trinajstić information content (AvgIpc) is 2.70. The predicted octanol–water partition coefficient (Wildman–Crippen LogP) is 3.65. The minimum absolute atomic E-state index is 0.0827. The van der Waals surface area contributed by atoms with E-state index in [1.807, 2.05) is 11.8 Å². The summed E-state index contributed by atoms with van der Waals surface area (Å²) in [5.74, 6) is -1.92. The fourth-order valence-corrected chi connectivity index (χ4v) is 5.10. The zero-order valence-electron chi connectivity index (χ0n) is 16.8. The van der Waals surface area contributed by atoms with Crippen molar-refractivity contribution in [3.05, 3.63) is 29.8 Å². The molecule has 1 aliphatic heterocycles. The van der Waals surface area contributed by atoms with Gasteiger partial charge in [-0.25, -0.2) is 17.2 Å². The molecule has 1 heterocycles. The van der Waals surface area contributed by atoms with Crippen molar-refractivity contribution in [2.45, 2.75) is 51.3 Å². The van der Waals surface area contributed by atoms with E-state index in [0.29, 0.717) is 31.4 Å². The number of nitrogens with zero attached hydrogens (tertiary/aromatic N) is 2. The molecule has 8 heteroatoms. The molecule has 5 nitrogen and oxygen atoms in total. The molecule has 1 aromatic rings. The summed E-state index contributed by atoms with van der Waals surface area (Å²) in [5.41, 5.74) is 0. The Balaban J connectivity index is 2.02. The van der Waals surface area contributed by atoms with Gasteiger partial charge in [0.25, 0.3) is 0 Å². The number of hydrogen-bond acceptors (Lipinski definition) is 3. The van der Waals surface area contributed by atoms with Gasteiger partial charge in [0.2, 0.25) is 15.9 Å². The Morgan fingerprint density at radius 3 is 2.25 bits per heavy atom. The second-order valence-corrected chi connectivity index (χ2v) is 9.25. The molecule has 28 heavy (non-hydrogen) atoms. The molecule has 1 aromatic carbocycles. The largest absolute Gasteiger partial charge is 0.342 e. The van der Waals surface area contributed by atoms with E-state index in [0.717, 1.165) is 31.5 Å². The minimum atomic E-state index is -3.90. The van der Waals surface area contributed by atoms with Gasteiger partial charge in [-0.1, -0.05) is 26.7 Å². The Morgan fingerprint density at radius 1 is 1.14 bits per heavy atom. The number of halogens is 2.